The monoisotopic (exact) mass is 255 g/mol. The Hall–Kier alpha value is -1.47. The summed E-state index contributed by atoms with van der Waals surface area (Å²) in [5, 5.41) is 14.9. The number of aromatic nitrogens is 2. The molecule has 1 saturated heterocycles. The van der Waals surface area contributed by atoms with Gasteiger partial charge in [-0.05, 0) is 19.3 Å². The largest absolute Gasteiger partial charge is 0.379 e. The van der Waals surface area contributed by atoms with Crippen molar-refractivity contribution in [3.05, 3.63) is 22.0 Å². The quantitative estimate of drug-likeness (QED) is 0.605. The van der Waals surface area contributed by atoms with Crippen LogP contribution in [0.5, 0.6) is 0 Å². The van der Waals surface area contributed by atoms with Gasteiger partial charge < -0.3 is 9.47 Å². The minimum atomic E-state index is -0.412. The SMILES string of the molecule is COC1CCCC(c2c([N+](=O)[O-])cnn2C)OC1. The predicted octanol–water partition coefficient (Wildman–Crippen LogP) is 1.58. The van der Waals surface area contributed by atoms with Crippen LogP contribution < -0.4 is 0 Å². The van der Waals surface area contributed by atoms with Gasteiger partial charge in [-0.3, -0.25) is 14.8 Å². The molecule has 1 aliphatic heterocycles. The summed E-state index contributed by atoms with van der Waals surface area (Å²) in [4.78, 5) is 10.5. The van der Waals surface area contributed by atoms with Crippen LogP contribution in [0.1, 0.15) is 31.1 Å². The summed E-state index contributed by atoms with van der Waals surface area (Å²) in [5.74, 6) is 0. The molecule has 0 N–H and O–H groups in total. The van der Waals surface area contributed by atoms with Crippen LogP contribution in [0.15, 0.2) is 6.20 Å². The lowest BCUT2D eigenvalue weighted by Crippen LogP contribution is -2.17. The maximum absolute atomic E-state index is 11.0. The molecule has 1 fully saturated rings. The normalized spacial score (nSPS) is 24.8. The van der Waals surface area contributed by atoms with Gasteiger partial charge in [0.05, 0.1) is 17.6 Å². The van der Waals surface area contributed by atoms with Gasteiger partial charge in [0.1, 0.15) is 18.0 Å². The predicted molar refractivity (Wildman–Crippen MR) is 63.2 cm³/mol. The molecule has 0 aliphatic carbocycles. The lowest BCUT2D eigenvalue weighted by molar-refractivity contribution is -0.386. The average Bonchev–Trinajstić information content (AvgIpc) is 2.60. The Morgan fingerprint density at radius 3 is 3.06 bits per heavy atom. The highest BCUT2D eigenvalue weighted by Gasteiger charge is 2.30. The summed E-state index contributed by atoms with van der Waals surface area (Å²) in [6, 6.07) is 0. The zero-order valence-electron chi connectivity index (χ0n) is 10.5. The third-order valence-corrected chi connectivity index (χ3v) is 3.28. The number of rotatable bonds is 3. The van der Waals surface area contributed by atoms with E-state index in [1.165, 1.54) is 10.9 Å². The van der Waals surface area contributed by atoms with Crippen molar-refractivity contribution in [2.45, 2.75) is 31.5 Å². The van der Waals surface area contributed by atoms with Crippen LogP contribution in [0.4, 0.5) is 5.69 Å². The second-order valence-corrected chi connectivity index (χ2v) is 4.41. The zero-order chi connectivity index (χ0) is 13.1. The maximum Gasteiger partial charge on any atom is 0.312 e. The van der Waals surface area contributed by atoms with Crippen molar-refractivity contribution in [1.29, 1.82) is 0 Å². The molecular weight excluding hydrogens is 238 g/mol. The van der Waals surface area contributed by atoms with E-state index in [4.69, 9.17) is 9.47 Å². The molecule has 7 heteroatoms. The highest BCUT2D eigenvalue weighted by molar-refractivity contribution is 5.34. The number of methoxy groups -OCH3 is 1. The molecule has 0 radical (unpaired) electrons. The van der Waals surface area contributed by atoms with Gasteiger partial charge in [0.15, 0.2) is 0 Å². The van der Waals surface area contributed by atoms with Gasteiger partial charge in [0, 0.05) is 14.2 Å². The fourth-order valence-electron chi connectivity index (χ4n) is 2.27. The first-order chi connectivity index (χ1) is 8.63. The van der Waals surface area contributed by atoms with Gasteiger partial charge in [-0.2, -0.15) is 5.10 Å². The van der Waals surface area contributed by atoms with Crippen molar-refractivity contribution >= 4 is 5.69 Å². The molecule has 0 amide bonds. The summed E-state index contributed by atoms with van der Waals surface area (Å²) in [6.45, 7) is 0.462. The maximum atomic E-state index is 11.0. The van der Waals surface area contributed by atoms with E-state index >= 15 is 0 Å². The van der Waals surface area contributed by atoms with Gasteiger partial charge in [0.25, 0.3) is 0 Å². The van der Waals surface area contributed by atoms with Crippen molar-refractivity contribution in [1.82, 2.24) is 9.78 Å². The molecule has 18 heavy (non-hydrogen) atoms. The Morgan fingerprint density at radius 2 is 2.39 bits per heavy atom. The molecule has 2 rings (SSSR count). The Kier molecular flexibility index (Phi) is 3.93. The van der Waals surface area contributed by atoms with E-state index in [1.807, 2.05) is 0 Å². The second-order valence-electron chi connectivity index (χ2n) is 4.41. The molecule has 7 nitrogen and oxygen atoms in total. The first-order valence-electron chi connectivity index (χ1n) is 5.94. The summed E-state index contributed by atoms with van der Waals surface area (Å²) < 4.78 is 12.5. The van der Waals surface area contributed by atoms with Gasteiger partial charge in [-0.15, -0.1) is 0 Å². The Labute approximate surface area is 105 Å². The number of aryl methyl sites for hydroxylation is 1. The summed E-state index contributed by atoms with van der Waals surface area (Å²) in [5.41, 5.74) is 0.565. The Morgan fingerprint density at radius 1 is 1.61 bits per heavy atom. The topological polar surface area (TPSA) is 79.4 Å². The lowest BCUT2D eigenvalue weighted by atomic mass is 10.1. The minimum Gasteiger partial charge on any atom is -0.379 e. The van der Waals surface area contributed by atoms with Gasteiger partial charge >= 0.3 is 5.69 Å². The van der Waals surface area contributed by atoms with E-state index in [2.05, 4.69) is 5.10 Å². The van der Waals surface area contributed by atoms with Crippen LogP contribution in [0, 0.1) is 10.1 Å². The van der Waals surface area contributed by atoms with E-state index in [9.17, 15) is 10.1 Å². The molecule has 1 aromatic rings. The smallest absolute Gasteiger partial charge is 0.312 e. The number of hydrogen-bond acceptors (Lipinski definition) is 5. The highest BCUT2D eigenvalue weighted by atomic mass is 16.6. The summed E-state index contributed by atoms with van der Waals surface area (Å²) in [6.07, 6.45) is 3.65. The van der Waals surface area contributed by atoms with Gasteiger partial charge in [-0.1, -0.05) is 0 Å². The molecule has 0 saturated carbocycles. The lowest BCUT2D eigenvalue weighted by Gasteiger charge is -2.16. The average molecular weight is 255 g/mol. The van der Waals surface area contributed by atoms with Crippen LogP contribution >= 0.6 is 0 Å². The van der Waals surface area contributed by atoms with Crippen molar-refractivity contribution in [2.75, 3.05) is 13.7 Å². The molecule has 1 aliphatic rings. The molecule has 0 bridgehead atoms. The number of nitro groups is 1. The van der Waals surface area contributed by atoms with E-state index in [-0.39, 0.29) is 17.9 Å². The molecule has 100 valence electrons. The van der Waals surface area contributed by atoms with Crippen molar-refractivity contribution in [2.24, 2.45) is 7.05 Å². The summed E-state index contributed by atoms with van der Waals surface area (Å²) >= 11 is 0. The standard InChI is InChI=1S/C11H17N3O4/c1-13-11(9(6-12-13)14(15)16)10-5-3-4-8(17-2)7-18-10/h6,8,10H,3-5,7H2,1-2H3. The van der Waals surface area contributed by atoms with Crippen LogP contribution in [0.25, 0.3) is 0 Å². The van der Waals surface area contributed by atoms with Crippen molar-refractivity contribution in [3.63, 3.8) is 0 Å². The molecule has 2 atom stereocenters. The molecule has 0 spiro atoms. The van der Waals surface area contributed by atoms with E-state index in [1.54, 1.807) is 14.2 Å². The number of hydrogen-bond donors (Lipinski definition) is 0. The second kappa shape index (κ2) is 5.45. The zero-order valence-corrected chi connectivity index (χ0v) is 10.5. The first kappa shape index (κ1) is 13.0. The Bertz CT molecular complexity index is 432. The van der Waals surface area contributed by atoms with Crippen LogP contribution in [-0.4, -0.2) is 34.5 Å². The molecule has 2 heterocycles. The number of ether oxygens (including phenoxy) is 2. The Balaban J connectivity index is 2.20. The fourth-order valence-corrected chi connectivity index (χ4v) is 2.27. The van der Waals surface area contributed by atoms with Crippen LogP contribution in [-0.2, 0) is 16.5 Å². The number of nitrogens with zero attached hydrogens (tertiary/aromatic N) is 3. The first-order valence-corrected chi connectivity index (χ1v) is 5.94. The van der Waals surface area contributed by atoms with E-state index in [0.29, 0.717) is 12.3 Å². The van der Waals surface area contributed by atoms with Crippen molar-refractivity contribution in [3.8, 4) is 0 Å². The molecule has 2 unspecified atom stereocenters. The molecular formula is C11H17N3O4. The minimum absolute atomic E-state index is 0.0263. The van der Waals surface area contributed by atoms with Gasteiger partial charge in [0.2, 0.25) is 0 Å². The molecule has 1 aromatic heterocycles. The third-order valence-electron chi connectivity index (χ3n) is 3.28. The van der Waals surface area contributed by atoms with E-state index < -0.39 is 4.92 Å². The van der Waals surface area contributed by atoms with Crippen molar-refractivity contribution < 1.29 is 14.4 Å². The summed E-state index contributed by atoms with van der Waals surface area (Å²) in [7, 11) is 3.35. The highest BCUT2D eigenvalue weighted by Crippen LogP contribution is 2.33. The molecule has 0 aromatic carbocycles. The van der Waals surface area contributed by atoms with E-state index in [0.717, 1.165) is 19.3 Å². The fraction of sp³-hybridized carbons (Fsp3) is 0.727. The van der Waals surface area contributed by atoms with Gasteiger partial charge in [-0.25, -0.2) is 0 Å². The third kappa shape index (κ3) is 2.51. The van der Waals surface area contributed by atoms with Crippen LogP contribution in [0.2, 0.25) is 0 Å². The van der Waals surface area contributed by atoms with Crippen LogP contribution in [0.3, 0.4) is 0 Å².